The minimum absolute atomic E-state index is 0.336. The second-order valence-electron chi connectivity index (χ2n) is 5.69. The smallest absolute Gasteiger partial charge is 0.357 e. The SMILES string of the molecule is COC(=O)c1nc(N2CC3CCCN3CC2C)sc1C. The van der Waals surface area contributed by atoms with E-state index in [2.05, 4.69) is 21.7 Å². The van der Waals surface area contributed by atoms with E-state index >= 15 is 0 Å². The van der Waals surface area contributed by atoms with Gasteiger partial charge in [0.15, 0.2) is 10.8 Å². The van der Waals surface area contributed by atoms with Crippen molar-refractivity contribution < 1.29 is 9.53 Å². The monoisotopic (exact) mass is 295 g/mol. The predicted molar refractivity (Wildman–Crippen MR) is 79.6 cm³/mol. The third-order valence-electron chi connectivity index (χ3n) is 4.35. The molecule has 20 heavy (non-hydrogen) atoms. The first-order chi connectivity index (χ1) is 9.60. The maximum atomic E-state index is 11.7. The molecule has 2 atom stereocenters. The lowest BCUT2D eigenvalue weighted by molar-refractivity contribution is 0.0594. The number of piperazine rings is 1. The van der Waals surface area contributed by atoms with Crippen molar-refractivity contribution in [3.8, 4) is 0 Å². The van der Waals surface area contributed by atoms with Gasteiger partial charge in [-0.15, -0.1) is 11.3 Å². The summed E-state index contributed by atoms with van der Waals surface area (Å²) in [6.45, 7) is 7.52. The van der Waals surface area contributed by atoms with E-state index in [-0.39, 0.29) is 5.97 Å². The first-order valence-electron chi connectivity index (χ1n) is 7.16. The fraction of sp³-hybridized carbons (Fsp3) is 0.714. The Morgan fingerprint density at radius 2 is 2.25 bits per heavy atom. The number of esters is 1. The molecule has 1 aromatic heterocycles. The van der Waals surface area contributed by atoms with Crippen LogP contribution in [-0.4, -0.2) is 54.7 Å². The highest BCUT2D eigenvalue weighted by Crippen LogP contribution is 2.32. The molecule has 0 N–H and O–H groups in total. The van der Waals surface area contributed by atoms with Gasteiger partial charge in [0.2, 0.25) is 0 Å². The van der Waals surface area contributed by atoms with Crippen molar-refractivity contribution in [3.63, 3.8) is 0 Å². The molecule has 5 nitrogen and oxygen atoms in total. The number of nitrogens with zero attached hydrogens (tertiary/aromatic N) is 3. The number of thiazole rings is 1. The summed E-state index contributed by atoms with van der Waals surface area (Å²) in [5.41, 5.74) is 0.466. The number of fused-ring (bicyclic) bond motifs is 1. The number of rotatable bonds is 2. The lowest BCUT2D eigenvalue weighted by atomic mass is 10.1. The fourth-order valence-electron chi connectivity index (χ4n) is 3.25. The molecule has 1 aromatic rings. The van der Waals surface area contributed by atoms with Crippen molar-refractivity contribution >= 4 is 22.4 Å². The number of carbonyl (C=O) groups excluding carboxylic acids is 1. The van der Waals surface area contributed by atoms with Crippen molar-refractivity contribution in [1.29, 1.82) is 0 Å². The van der Waals surface area contributed by atoms with E-state index in [1.807, 2.05) is 6.92 Å². The number of anilines is 1. The number of hydrogen-bond acceptors (Lipinski definition) is 6. The van der Waals surface area contributed by atoms with Gasteiger partial charge < -0.3 is 9.64 Å². The summed E-state index contributed by atoms with van der Waals surface area (Å²) in [5, 5.41) is 0.960. The summed E-state index contributed by atoms with van der Waals surface area (Å²) < 4.78 is 4.79. The third-order valence-corrected chi connectivity index (χ3v) is 5.35. The summed E-state index contributed by atoms with van der Waals surface area (Å²) in [6, 6.07) is 1.09. The Balaban J connectivity index is 1.83. The lowest BCUT2D eigenvalue weighted by Crippen LogP contribution is -2.55. The van der Waals surface area contributed by atoms with Crippen LogP contribution in [-0.2, 0) is 4.74 Å². The van der Waals surface area contributed by atoms with Gasteiger partial charge in [0.05, 0.1) is 7.11 Å². The highest BCUT2D eigenvalue weighted by Gasteiger charge is 2.36. The van der Waals surface area contributed by atoms with E-state index in [4.69, 9.17) is 4.74 Å². The molecule has 6 heteroatoms. The van der Waals surface area contributed by atoms with Crippen LogP contribution in [0.4, 0.5) is 5.13 Å². The molecule has 110 valence electrons. The Morgan fingerprint density at radius 3 is 3.00 bits per heavy atom. The lowest BCUT2D eigenvalue weighted by Gasteiger charge is -2.42. The van der Waals surface area contributed by atoms with Crippen LogP contribution in [0.15, 0.2) is 0 Å². The number of aromatic nitrogens is 1. The van der Waals surface area contributed by atoms with Crippen LogP contribution in [0, 0.1) is 6.92 Å². The molecule has 0 saturated carbocycles. The summed E-state index contributed by atoms with van der Waals surface area (Å²) >= 11 is 1.60. The van der Waals surface area contributed by atoms with Gasteiger partial charge in [-0.1, -0.05) is 0 Å². The maximum absolute atomic E-state index is 11.7. The zero-order valence-electron chi connectivity index (χ0n) is 12.3. The van der Waals surface area contributed by atoms with Gasteiger partial charge in [-0.3, -0.25) is 4.90 Å². The number of hydrogen-bond donors (Lipinski definition) is 0. The zero-order valence-corrected chi connectivity index (χ0v) is 13.1. The van der Waals surface area contributed by atoms with Crippen LogP contribution in [0.3, 0.4) is 0 Å². The van der Waals surface area contributed by atoms with Crippen molar-refractivity contribution in [2.45, 2.75) is 38.8 Å². The Bertz CT molecular complexity index is 517. The van der Waals surface area contributed by atoms with Crippen molar-refractivity contribution in [2.24, 2.45) is 0 Å². The van der Waals surface area contributed by atoms with Crippen LogP contribution in [0.1, 0.15) is 35.1 Å². The summed E-state index contributed by atoms with van der Waals surface area (Å²) in [5.74, 6) is -0.336. The maximum Gasteiger partial charge on any atom is 0.357 e. The molecule has 2 aliphatic heterocycles. The molecule has 0 bridgehead atoms. The molecular formula is C14H21N3O2S. The van der Waals surface area contributed by atoms with E-state index in [1.54, 1.807) is 11.3 Å². The van der Waals surface area contributed by atoms with Crippen LogP contribution in [0.5, 0.6) is 0 Å². The van der Waals surface area contributed by atoms with Gasteiger partial charge in [0.1, 0.15) is 0 Å². The van der Waals surface area contributed by atoms with Gasteiger partial charge in [0.25, 0.3) is 0 Å². The Labute approximate surface area is 123 Å². The van der Waals surface area contributed by atoms with E-state index < -0.39 is 0 Å². The molecule has 0 aromatic carbocycles. The molecule has 0 radical (unpaired) electrons. The highest BCUT2D eigenvalue weighted by molar-refractivity contribution is 7.15. The molecule has 0 aliphatic carbocycles. The second-order valence-corrected chi connectivity index (χ2v) is 6.87. The van der Waals surface area contributed by atoms with Crippen LogP contribution in [0.25, 0.3) is 0 Å². The third kappa shape index (κ3) is 2.31. The zero-order chi connectivity index (χ0) is 14.3. The van der Waals surface area contributed by atoms with Crippen molar-refractivity contribution in [3.05, 3.63) is 10.6 Å². The Morgan fingerprint density at radius 1 is 1.45 bits per heavy atom. The van der Waals surface area contributed by atoms with Gasteiger partial charge in [-0.25, -0.2) is 9.78 Å². The summed E-state index contributed by atoms with van der Waals surface area (Å²) in [7, 11) is 1.40. The molecule has 2 aliphatic rings. The summed E-state index contributed by atoms with van der Waals surface area (Å²) in [6.07, 6.45) is 2.58. The first-order valence-corrected chi connectivity index (χ1v) is 7.98. The minimum atomic E-state index is -0.336. The van der Waals surface area contributed by atoms with Crippen LogP contribution < -0.4 is 4.90 Å². The topological polar surface area (TPSA) is 45.7 Å². The first kappa shape index (κ1) is 13.8. The number of ether oxygens (including phenoxy) is 1. The molecule has 3 rings (SSSR count). The quantitative estimate of drug-likeness (QED) is 0.780. The fourth-order valence-corrected chi connectivity index (χ4v) is 4.25. The number of aryl methyl sites for hydroxylation is 1. The average Bonchev–Trinajstić information content (AvgIpc) is 3.02. The highest BCUT2D eigenvalue weighted by atomic mass is 32.1. The van der Waals surface area contributed by atoms with Gasteiger partial charge in [-0.05, 0) is 33.2 Å². The van der Waals surface area contributed by atoms with Crippen molar-refractivity contribution in [2.75, 3.05) is 31.6 Å². The molecule has 0 amide bonds. The Hall–Kier alpha value is -1.14. The number of methoxy groups -OCH3 is 1. The van der Waals surface area contributed by atoms with Gasteiger partial charge in [0, 0.05) is 30.1 Å². The largest absolute Gasteiger partial charge is 0.464 e. The minimum Gasteiger partial charge on any atom is -0.464 e. The van der Waals surface area contributed by atoms with E-state index in [9.17, 15) is 4.79 Å². The number of carbonyl (C=O) groups is 1. The average molecular weight is 295 g/mol. The normalized spacial score (nSPS) is 26.6. The standard InChI is InChI=1S/C14H21N3O2S/c1-9-7-16-6-4-5-11(16)8-17(9)14-15-12(10(2)20-14)13(18)19-3/h9,11H,4-8H2,1-3H3. The van der Waals surface area contributed by atoms with Crippen LogP contribution in [0.2, 0.25) is 0 Å². The van der Waals surface area contributed by atoms with Crippen molar-refractivity contribution in [1.82, 2.24) is 9.88 Å². The van der Waals surface area contributed by atoms with Gasteiger partial charge in [-0.2, -0.15) is 0 Å². The summed E-state index contributed by atoms with van der Waals surface area (Å²) in [4.78, 5) is 22.1. The predicted octanol–water partition coefficient (Wildman–Crippen LogP) is 1.91. The molecule has 2 saturated heterocycles. The van der Waals surface area contributed by atoms with Crippen LogP contribution >= 0.6 is 11.3 Å². The molecule has 2 unspecified atom stereocenters. The molecule has 3 heterocycles. The molecule has 0 spiro atoms. The van der Waals surface area contributed by atoms with E-state index in [0.717, 1.165) is 23.1 Å². The Kier molecular flexibility index (Phi) is 3.69. The van der Waals surface area contributed by atoms with E-state index in [0.29, 0.717) is 17.8 Å². The van der Waals surface area contributed by atoms with E-state index in [1.165, 1.54) is 26.5 Å². The molecule has 2 fully saturated rings. The van der Waals surface area contributed by atoms with Gasteiger partial charge >= 0.3 is 5.97 Å². The second kappa shape index (κ2) is 5.33. The molecular weight excluding hydrogens is 274 g/mol.